The van der Waals surface area contributed by atoms with Crippen LogP contribution in [0.3, 0.4) is 0 Å². The zero-order valence-corrected chi connectivity index (χ0v) is 10.6. The molecule has 3 N–H and O–H groups in total. The molecule has 0 unspecified atom stereocenters. The van der Waals surface area contributed by atoms with Gasteiger partial charge in [0.2, 0.25) is 0 Å². The maximum Gasteiger partial charge on any atom is 0.330 e. The van der Waals surface area contributed by atoms with Gasteiger partial charge in [-0.1, -0.05) is 48.5 Å². The Balaban J connectivity index is 2.06. The first kappa shape index (κ1) is 13.6. The van der Waals surface area contributed by atoms with E-state index >= 15 is 0 Å². The Morgan fingerprint density at radius 2 is 1.45 bits per heavy atom. The van der Waals surface area contributed by atoms with E-state index in [4.69, 9.17) is 0 Å². The molecule has 0 bridgehead atoms. The molecule has 0 saturated carbocycles. The Morgan fingerprint density at radius 3 is 2.00 bits per heavy atom. The summed E-state index contributed by atoms with van der Waals surface area (Å²) in [6.45, 7) is 0. The Morgan fingerprint density at radius 1 is 0.900 bits per heavy atom. The molecule has 5 heteroatoms. The van der Waals surface area contributed by atoms with E-state index in [0.717, 1.165) is 0 Å². The third kappa shape index (κ3) is 3.58. The molecule has 0 aliphatic carbocycles. The molecule has 0 aliphatic rings. The van der Waals surface area contributed by atoms with Gasteiger partial charge in [-0.3, -0.25) is 0 Å². The van der Waals surface area contributed by atoms with Gasteiger partial charge in [-0.15, -0.1) is 0 Å². The van der Waals surface area contributed by atoms with E-state index in [1.165, 1.54) is 0 Å². The normalized spacial score (nSPS) is 11.4. The predicted molar refractivity (Wildman–Crippen MR) is 75.4 cm³/mol. The van der Waals surface area contributed by atoms with Crippen molar-refractivity contribution in [3.05, 3.63) is 66.2 Å². The van der Waals surface area contributed by atoms with Crippen molar-refractivity contribution >= 4 is 17.7 Å². The molecule has 0 saturated heterocycles. The number of para-hydroxylation sites is 1. The fourth-order valence-electron chi connectivity index (χ4n) is 1.75. The molecule has 2 aromatic rings. The number of anilines is 1. The second-order valence-electron chi connectivity index (χ2n) is 4.15. The van der Waals surface area contributed by atoms with Crippen LogP contribution < -0.4 is 10.6 Å². The maximum absolute atomic E-state index is 11.8. The molecule has 0 radical (unpaired) electrons. The second kappa shape index (κ2) is 6.38. The summed E-state index contributed by atoms with van der Waals surface area (Å²) in [5.41, 5.74) is 1.12. The zero-order chi connectivity index (χ0) is 14.4. The van der Waals surface area contributed by atoms with Crippen LogP contribution in [0.25, 0.3) is 0 Å². The monoisotopic (exact) mass is 270 g/mol. The highest BCUT2D eigenvalue weighted by molar-refractivity contribution is 5.92. The van der Waals surface area contributed by atoms with Gasteiger partial charge in [0.25, 0.3) is 0 Å². The first-order chi connectivity index (χ1) is 9.66. The number of carboxylic acid groups (broad SMARTS) is 1. The minimum atomic E-state index is -1.11. The van der Waals surface area contributed by atoms with E-state index in [1.807, 2.05) is 6.07 Å². The number of carbonyl (C=O) groups excluding carboxylic acids is 1. The zero-order valence-electron chi connectivity index (χ0n) is 10.6. The molecule has 0 fully saturated rings. The second-order valence-corrected chi connectivity index (χ2v) is 4.15. The van der Waals surface area contributed by atoms with Crippen LogP contribution in [0, 0.1) is 0 Å². The van der Waals surface area contributed by atoms with Crippen LogP contribution in [-0.2, 0) is 4.79 Å². The first-order valence-corrected chi connectivity index (χ1v) is 6.07. The summed E-state index contributed by atoms with van der Waals surface area (Å²) >= 11 is 0. The largest absolute Gasteiger partial charge is 0.479 e. The summed E-state index contributed by atoms with van der Waals surface area (Å²) in [6, 6.07) is 15.7. The number of hydrogen-bond donors (Lipinski definition) is 3. The number of urea groups is 1. The van der Waals surface area contributed by atoms with Gasteiger partial charge in [0, 0.05) is 5.69 Å². The summed E-state index contributed by atoms with van der Waals surface area (Å²) in [7, 11) is 0. The van der Waals surface area contributed by atoms with Crippen LogP contribution in [0.2, 0.25) is 0 Å². The molecule has 5 nitrogen and oxygen atoms in total. The number of rotatable bonds is 4. The number of carboxylic acids is 1. The number of aliphatic carboxylic acids is 1. The minimum Gasteiger partial charge on any atom is -0.479 e. The SMILES string of the molecule is O=C(Nc1ccccc1)N[C@@H](C(=O)O)c1ccccc1. The van der Waals surface area contributed by atoms with Crippen molar-refractivity contribution in [2.24, 2.45) is 0 Å². The van der Waals surface area contributed by atoms with Gasteiger partial charge < -0.3 is 15.7 Å². The number of carbonyl (C=O) groups is 2. The van der Waals surface area contributed by atoms with Gasteiger partial charge in [-0.05, 0) is 17.7 Å². The summed E-state index contributed by atoms with van der Waals surface area (Å²) in [6.07, 6.45) is 0. The standard InChI is InChI=1S/C15H14N2O3/c18-14(19)13(11-7-3-1-4-8-11)17-15(20)16-12-9-5-2-6-10-12/h1-10,13H,(H,18,19)(H2,16,17,20)/t13-/m1/s1. The van der Waals surface area contributed by atoms with Gasteiger partial charge >= 0.3 is 12.0 Å². The van der Waals surface area contributed by atoms with E-state index in [-0.39, 0.29) is 0 Å². The lowest BCUT2D eigenvalue weighted by Crippen LogP contribution is -2.36. The van der Waals surface area contributed by atoms with Crippen molar-refractivity contribution in [2.75, 3.05) is 5.32 Å². The quantitative estimate of drug-likeness (QED) is 0.799. The van der Waals surface area contributed by atoms with Gasteiger partial charge in [-0.2, -0.15) is 0 Å². The van der Waals surface area contributed by atoms with Crippen LogP contribution in [0.4, 0.5) is 10.5 Å². The smallest absolute Gasteiger partial charge is 0.330 e. The average molecular weight is 270 g/mol. The molecule has 102 valence electrons. The average Bonchev–Trinajstić information content (AvgIpc) is 2.46. The van der Waals surface area contributed by atoms with E-state index in [0.29, 0.717) is 11.3 Å². The highest BCUT2D eigenvalue weighted by Crippen LogP contribution is 2.13. The minimum absolute atomic E-state index is 0.517. The van der Waals surface area contributed by atoms with Crippen LogP contribution in [-0.4, -0.2) is 17.1 Å². The van der Waals surface area contributed by atoms with Gasteiger partial charge in [0.1, 0.15) is 0 Å². The van der Waals surface area contributed by atoms with Crippen LogP contribution in [0.5, 0.6) is 0 Å². The molecule has 20 heavy (non-hydrogen) atoms. The lowest BCUT2D eigenvalue weighted by molar-refractivity contribution is -0.139. The van der Waals surface area contributed by atoms with Gasteiger partial charge in [0.15, 0.2) is 6.04 Å². The van der Waals surface area contributed by atoms with E-state index < -0.39 is 18.0 Å². The van der Waals surface area contributed by atoms with Crippen LogP contribution >= 0.6 is 0 Å². The van der Waals surface area contributed by atoms with Crippen molar-refractivity contribution in [2.45, 2.75) is 6.04 Å². The summed E-state index contributed by atoms with van der Waals surface area (Å²) in [4.78, 5) is 23.1. The third-order valence-corrected chi connectivity index (χ3v) is 2.69. The van der Waals surface area contributed by atoms with Gasteiger partial charge in [0.05, 0.1) is 0 Å². The Labute approximate surface area is 116 Å². The number of nitrogens with one attached hydrogen (secondary N) is 2. The summed E-state index contributed by atoms with van der Waals surface area (Å²) < 4.78 is 0. The summed E-state index contributed by atoms with van der Waals surface area (Å²) in [5, 5.41) is 14.2. The van der Waals surface area contributed by atoms with Crippen LogP contribution in [0.1, 0.15) is 11.6 Å². The third-order valence-electron chi connectivity index (χ3n) is 2.69. The lowest BCUT2D eigenvalue weighted by Gasteiger charge is -2.15. The van der Waals surface area contributed by atoms with E-state index in [9.17, 15) is 14.7 Å². The van der Waals surface area contributed by atoms with E-state index in [1.54, 1.807) is 54.6 Å². The molecule has 0 aromatic heterocycles. The van der Waals surface area contributed by atoms with Crippen LogP contribution in [0.15, 0.2) is 60.7 Å². The van der Waals surface area contributed by atoms with Crippen molar-refractivity contribution in [1.29, 1.82) is 0 Å². The lowest BCUT2D eigenvalue weighted by atomic mass is 10.1. The highest BCUT2D eigenvalue weighted by Gasteiger charge is 2.21. The van der Waals surface area contributed by atoms with Crippen molar-refractivity contribution in [3.8, 4) is 0 Å². The maximum atomic E-state index is 11.8. The fourth-order valence-corrected chi connectivity index (χ4v) is 1.75. The molecule has 2 rings (SSSR count). The molecular weight excluding hydrogens is 256 g/mol. The molecule has 0 spiro atoms. The molecule has 2 aromatic carbocycles. The van der Waals surface area contributed by atoms with Crippen molar-refractivity contribution in [3.63, 3.8) is 0 Å². The predicted octanol–water partition coefficient (Wildman–Crippen LogP) is 2.63. The van der Waals surface area contributed by atoms with Gasteiger partial charge in [-0.25, -0.2) is 9.59 Å². The molecule has 1 atom stereocenters. The van der Waals surface area contributed by atoms with E-state index in [2.05, 4.69) is 10.6 Å². The Bertz CT molecular complexity index is 585. The molecule has 0 aliphatic heterocycles. The van der Waals surface area contributed by atoms with Crippen molar-refractivity contribution in [1.82, 2.24) is 5.32 Å². The molecular formula is C15H14N2O3. The number of benzene rings is 2. The molecule has 0 heterocycles. The molecule has 2 amide bonds. The summed E-state index contributed by atoms with van der Waals surface area (Å²) in [5.74, 6) is -1.11. The Kier molecular flexibility index (Phi) is 4.34. The fraction of sp³-hybridized carbons (Fsp3) is 0.0667. The topological polar surface area (TPSA) is 78.4 Å². The highest BCUT2D eigenvalue weighted by atomic mass is 16.4. The number of amides is 2. The number of hydrogen-bond acceptors (Lipinski definition) is 2. The Hall–Kier alpha value is -2.82. The first-order valence-electron chi connectivity index (χ1n) is 6.07. The van der Waals surface area contributed by atoms with Crippen molar-refractivity contribution < 1.29 is 14.7 Å².